The van der Waals surface area contributed by atoms with Gasteiger partial charge in [-0.1, -0.05) is 13.0 Å². The molecule has 6 nitrogen and oxygen atoms in total. The van der Waals surface area contributed by atoms with Gasteiger partial charge in [-0.2, -0.15) is 0 Å². The molecule has 0 saturated carbocycles. The van der Waals surface area contributed by atoms with Gasteiger partial charge in [-0.3, -0.25) is 0 Å². The topological polar surface area (TPSA) is 76.3 Å². The lowest BCUT2D eigenvalue weighted by atomic mass is 9.99. The van der Waals surface area contributed by atoms with Crippen LogP contribution in [0, 0.1) is 12.8 Å². The molecule has 0 bridgehead atoms. The highest BCUT2D eigenvalue weighted by atomic mass is 16.5. The Bertz CT molecular complexity index is 711. The predicted molar refractivity (Wildman–Crippen MR) is 98.1 cm³/mol. The molecule has 3 rings (SSSR count). The van der Waals surface area contributed by atoms with Gasteiger partial charge in [0.05, 0.1) is 12.8 Å². The van der Waals surface area contributed by atoms with Crippen LogP contribution < -0.4 is 20.7 Å². The zero-order chi connectivity index (χ0) is 17.1. The molecule has 1 fully saturated rings. The molecule has 2 heterocycles. The highest BCUT2D eigenvalue weighted by molar-refractivity contribution is 5.79. The quantitative estimate of drug-likeness (QED) is 0.897. The number of anilines is 4. The second-order valence-electron chi connectivity index (χ2n) is 6.46. The smallest absolute Gasteiger partial charge is 0.159 e. The van der Waals surface area contributed by atoms with Gasteiger partial charge in [0.2, 0.25) is 0 Å². The molecule has 24 heavy (non-hydrogen) atoms. The average molecular weight is 327 g/mol. The van der Waals surface area contributed by atoms with Crippen molar-refractivity contribution in [2.24, 2.45) is 5.92 Å². The Kier molecular flexibility index (Phi) is 4.74. The van der Waals surface area contributed by atoms with Crippen molar-refractivity contribution in [1.82, 2.24) is 9.97 Å². The van der Waals surface area contributed by atoms with Crippen LogP contribution >= 0.6 is 0 Å². The van der Waals surface area contributed by atoms with Crippen LogP contribution in [0.1, 0.15) is 25.3 Å². The fourth-order valence-electron chi connectivity index (χ4n) is 3.01. The van der Waals surface area contributed by atoms with E-state index in [0.29, 0.717) is 11.5 Å². The van der Waals surface area contributed by atoms with Gasteiger partial charge in [-0.05, 0) is 43.4 Å². The highest BCUT2D eigenvalue weighted by Crippen LogP contribution is 2.34. The second kappa shape index (κ2) is 6.95. The summed E-state index contributed by atoms with van der Waals surface area (Å²) in [7, 11) is 1.65. The predicted octanol–water partition coefficient (Wildman–Crippen LogP) is 3.36. The minimum atomic E-state index is 0.579. The Morgan fingerprint density at radius 3 is 2.71 bits per heavy atom. The molecule has 2 aromatic rings. The van der Waals surface area contributed by atoms with Crippen molar-refractivity contribution in [1.29, 1.82) is 0 Å². The van der Waals surface area contributed by atoms with Gasteiger partial charge in [0.15, 0.2) is 11.6 Å². The average Bonchev–Trinajstić information content (AvgIpc) is 2.58. The SMILES string of the molecule is COc1ccc(C)cc1Nc1ncnc(N2CCC(C)CC2)c1N. The second-order valence-corrected chi connectivity index (χ2v) is 6.46. The number of aryl methyl sites for hydroxylation is 1. The van der Waals surface area contributed by atoms with E-state index < -0.39 is 0 Å². The monoisotopic (exact) mass is 327 g/mol. The number of nitrogens with zero attached hydrogens (tertiary/aromatic N) is 3. The van der Waals surface area contributed by atoms with Crippen LogP contribution in [-0.4, -0.2) is 30.2 Å². The molecule has 1 aromatic heterocycles. The standard InChI is InChI=1S/C18H25N5O/c1-12-6-8-23(9-7-12)18-16(19)17(20-11-21-18)22-14-10-13(2)4-5-15(14)24-3/h4-5,10-12H,6-9,19H2,1-3H3,(H,20,21,22). The molecule has 1 aromatic carbocycles. The van der Waals surface area contributed by atoms with E-state index in [1.165, 1.54) is 0 Å². The summed E-state index contributed by atoms with van der Waals surface area (Å²) < 4.78 is 5.41. The zero-order valence-electron chi connectivity index (χ0n) is 14.5. The van der Waals surface area contributed by atoms with E-state index in [1.54, 1.807) is 13.4 Å². The maximum atomic E-state index is 6.36. The molecule has 0 amide bonds. The highest BCUT2D eigenvalue weighted by Gasteiger charge is 2.20. The van der Waals surface area contributed by atoms with E-state index in [1.807, 2.05) is 25.1 Å². The maximum Gasteiger partial charge on any atom is 0.159 e. The lowest BCUT2D eigenvalue weighted by Crippen LogP contribution is -2.34. The van der Waals surface area contributed by atoms with Gasteiger partial charge in [-0.15, -0.1) is 0 Å². The summed E-state index contributed by atoms with van der Waals surface area (Å²) in [5.41, 5.74) is 8.92. The number of methoxy groups -OCH3 is 1. The number of rotatable bonds is 4. The third-order valence-corrected chi connectivity index (χ3v) is 4.55. The first-order valence-corrected chi connectivity index (χ1v) is 8.35. The van der Waals surface area contributed by atoms with Crippen LogP contribution in [0.15, 0.2) is 24.5 Å². The van der Waals surface area contributed by atoms with Crippen LogP contribution in [0.4, 0.5) is 23.0 Å². The van der Waals surface area contributed by atoms with Crippen LogP contribution in [0.2, 0.25) is 0 Å². The lowest BCUT2D eigenvalue weighted by molar-refractivity contribution is 0.416. The molecule has 128 valence electrons. The van der Waals surface area contributed by atoms with Crippen LogP contribution in [0.3, 0.4) is 0 Å². The van der Waals surface area contributed by atoms with E-state index in [9.17, 15) is 0 Å². The van der Waals surface area contributed by atoms with Crippen LogP contribution in [0.25, 0.3) is 0 Å². The third-order valence-electron chi connectivity index (χ3n) is 4.55. The molecule has 6 heteroatoms. The summed E-state index contributed by atoms with van der Waals surface area (Å²) >= 11 is 0. The maximum absolute atomic E-state index is 6.36. The molecule has 0 radical (unpaired) electrons. The summed E-state index contributed by atoms with van der Waals surface area (Å²) in [6, 6.07) is 5.96. The van der Waals surface area contributed by atoms with Gasteiger partial charge in [-0.25, -0.2) is 9.97 Å². The van der Waals surface area contributed by atoms with Crippen LogP contribution in [0.5, 0.6) is 5.75 Å². The fourth-order valence-corrected chi connectivity index (χ4v) is 3.01. The Hall–Kier alpha value is -2.50. The normalized spacial score (nSPS) is 15.4. The number of nitrogens with two attached hydrogens (primary N) is 1. The number of hydrogen-bond acceptors (Lipinski definition) is 6. The zero-order valence-corrected chi connectivity index (χ0v) is 14.5. The molecular formula is C18H25N5O. The van der Waals surface area contributed by atoms with Gasteiger partial charge in [0.1, 0.15) is 17.8 Å². The van der Waals surface area contributed by atoms with Crippen molar-refractivity contribution in [2.45, 2.75) is 26.7 Å². The number of hydrogen-bond donors (Lipinski definition) is 2. The first-order valence-electron chi connectivity index (χ1n) is 8.35. The van der Waals surface area contributed by atoms with Crippen molar-refractivity contribution in [2.75, 3.05) is 36.1 Å². The number of benzene rings is 1. The van der Waals surface area contributed by atoms with Crippen molar-refractivity contribution >= 4 is 23.0 Å². The summed E-state index contributed by atoms with van der Waals surface area (Å²) in [6.45, 7) is 6.29. The van der Waals surface area contributed by atoms with E-state index in [0.717, 1.165) is 54.7 Å². The molecule has 0 aliphatic carbocycles. The Morgan fingerprint density at radius 1 is 1.25 bits per heavy atom. The Labute approximate surface area is 143 Å². The van der Waals surface area contributed by atoms with Crippen molar-refractivity contribution < 1.29 is 4.74 Å². The molecule has 3 N–H and O–H groups in total. The number of nitrogen functional groups attached to an aromatic ring is 1. The summed E-state index contributed by atoms with van der Waals surface area (Å²) in [5, 5.41) is 3.29. The Morgan fingerprint density at radius 2 is 2.00 bits per heavy atom. The number of nitrogens with one attached hydrogen (secondary N) is 1. The van der Waals surface area contributed by atoms with E-state index in [-0.39, 0.29) is 0 Å². The van der Waals surface area contributed by atoms with Crippen molar-refractivity contribution in [3.05, 3.63) is 30.1 Å². The Balaban J connectivity index is 1.87. The third kappa shape index (κ3) is 3.37. The van der Waals surface area contributed by atoms with E-state index in [4.69, 9.17) is 10.5 Å². The number of ether oxygens (including phenoxy) is 1. The van der Waals surface area contributed by atoms with E-state index >= 15 is 0 Å². The largest absolute Gasteiger partial charge is 0.495 e. The first-order chi connectivity index (χ1) is 11.6. The van der Waals surface area contributed by atoms with Crippen LogP contribution in [-0.2, 0) is 0 Å². The first kappa shape index (κ1) is 16.4. The van der Waals surface area contributed by atoms with E-state index in [2.05, 4.69) is 27.1 Å². The lowest BCUT2D eigenvalue weighted by Gasteiger charge is -2.32. The van der Waals surface area contributed by atoms with Gasteiger partial charge in [0, 0.05) is 13.1 Å². The molecule has 1 saturated heterocycles. The summed E-state index contributed by atoms with van der Waals surface area (Å²) in [6.07, 6.45) is 3.89. The number of piperidine rings is 1. The number of aromatic nitrogens is 2. The van der Waals surface area contributed by atoms with Crippen molar-refractivity contribution in [3.63, 3.8) is 0 Å². The minimum absolute atomic E-state index is 0.579. The summed E-state index contributed by atoms with van der Waals surface area (Å²) in [5.74, 6) is 2.94. The molecule has 0 spiro atoms. The minimum Gasteiger partial charge on any atom is -0.495 e. The van der Waals surface area contributed by atoms with Gasteiger partial charge >= 0.3 is 0 Å². The summed E-state index contributed by atoms with van der Waals surface area (Å²) in [4.78, 5) is 11.0. The molecular weight excluding hydrogens is 302 g/mol. The van der Waals surface area contributed by atoms with Crippen molar-refractivity contribution in [3.8, 4) is 5.75 Å². The fraction of sp³-hybridized carbons (Fsp3) is 0.444. The molecule has 1 aliphatic rings. The van der Waals surface area contributed by atoms with Gasteiger partial charge < -0.3 is 20.7 Å². The van der Waals surface area contributed by atoms with Gasteiger partial charge in [0.25, 0.3) is 0 Å². The molecule has 1 aliphatic heterocycles. The molecule has 0 unspecified atom stereocenters. The molecule has 0 atom stereocenters.